The molecule has 0 aromatic carbocycles. The van der Waals surface area contributed by atoms with E-state index in [0.29, 0.717) is 6.04 Å². The van der Waals surface area contributed by atoms with Crippen LogP contribution in [0.2, 0.25) is 0 Å². The predicted octanol–water partition coefficient (Wildman–Crippen LogP) is 0.214. The van der Waals surface area contributed by atoms with Gasteiger partial charge in [0.15, 0.2) is 5.96 Å². The lowest BCUT2D eigenvalue weighted by Gasteiger charge is -2.24. The van der Waals surface area contributed by atoms with Crippen molar-refractivity contribution in [2.75, 3.05) is 67.1 Å². The largest absolute Gasteiger partial charge is 0.383 e. The zero-order chi connectivity index (χ0) is 15.5. The Balaban J connectivity index is 2.17. The maximum Gasteiger partial charge on any atom is 0.191 e. The van der Waals surface area contributed by atoms with Crippen molar-refractivity contribution in [2.45, 2.75) is 25.8 Å². The normalized spacial score (nSPS) is 20.2. The molecule has 1 unspecified atom stereocenters. The van der Waals surface area contributed by atoms with Crippen LogP contribution >= 0.6 is 0 Å². The molecule has 1 fully saturated rings. The van der Waals surface area contributed by atoms with Crippen LogP contribution in [0, 0.1) is 0 Å². The third-order valence-electron chi connectivity index (χ3n) is 4.10. The van der Waals surface area contributed by atoms with Crippen molar-refractivity contribution in [3.8, 4) is 0 Å². The standard InChI is InChI=1S/C15H33N5O/c1-5-20-9-6-7-14(20)13-18-15(16-2)17-8-10-19(3)11-12-21-4/h14H,5-13H2,1-4H3,(H2,16,17,18). The van der Waals surface area contributed by atoms with Gasteiger partial charge in [0.25, 0.3) is 0 Å². The Bertz CT molecular complexity index is 298. The van der Waals surface area contributed by atoms with Gasteiger partial charge in [-0.1, -0.05) is 6.92 Å². The topological polar surface area (TPSA) is 52.1 Å². The lowest BCUT2D eigenvalue weighted by molar-refractivity contribution is 0.162. The number of rotatable bonds is 9. The minimum Gasteiger partial charge on any atom is -0.383 e. The molecule has 1 saturated heterocycles. The minimum absolute atomic E-state index is 0.651. The molecule has 6 heteroatoms. The molecule has 0 aromatic rings. The van der Waals surface area contributed by atoms with Crippen molar-refractivity contribution in [1.29, 1.82) is 0 Å². The molecule has 0 bridgehead atoms. The maximum absolute atomic E-state index is 5.07. The molecular weight excluding hydrogens is 266 g/mol. The van der Waals surface area contributed by atoms with E-state index in [2.05, 4.69) is 39.4 Å². The van der Waals surface area contributed by atoms with E-state index < -0.39 is 0 Å². The van der Waals surface area contributed by atoms with Gasteiger partial charge in [0.05, 0.1) is 6.61 Å². The summed E-state index contributed by atoms with van der Waals surface area (Å²) in [5.41, 5.74) is 0. The molecule has 1 rings (SSSR count). The number of ether oxygens (including phenoxy) is 1. The van der Waals surface area contributed by atoms with Crippen LogP contribution in [0.1, 0.15) is 19.8 Å². The Morgan fingerprint density at radius 2 is 2.19 bits per heavy atom. The van der Waals surface area contributed by atoms with Crippen LogP contribution < -0.4 is 10.6 Å². The Morgan fingerprint density at radius 3 is 2.86 bits per heavy atom. The van der Waals surface area contributed by atoms with Crippen molar-refractivity contribution in [2.24, 2.45) is 4.99 Å². The summed E-state index contributed by atoms with van der Waals surface area (Å²) in [5.74, 6) is 0.901. The summed E-state index contributed by atoms with van der Waals surface area (Å²) >= 11 is 0. The van der Waals surface area contributed by atoms with Crippen LogP contribution in [0.15, 0.2) is 4.99 Å². The van der Waals surface area contributed by atoms with E-state index in [1.165, 1.54) is 19.4 Å². The highest BCUT2D eigenvalue weighted by molar-refractivity contribution is 5.79. The van der Waals surface area contributed by atoms with Gasteiger partial charge >= 0.3 is 0 Å². The van der Waals surface area contributed by atoms with Gasteiger partial charge in [0, 0.05) is 46.4 Å². The summed E-state index contributed by atoms with van der Waals surface area (Å²) in [6.07, 6.45) is 2.61. The van der Waals surface area contributed by atoms with Gasteiger partial charge in [0.2, 0.25) is 0 Å². The molecule has 0 saturated carbocycles. The average molecular weight is 299 g/mol. The zero-order valence-corrected chi connectivity index (χ0v) is 14.2. The van der Waals surface area contributed by atoms with Gasteiger partial charge in [-0.3, -0.25) is 9.89 Å². The molecule has 0 aliphatic carbocycles. The molecule has 0 aromatic heterocycles. The van der Waals surface area contributed by atoms with Crippen molar-refractivity contribution >= 4 is 5.96 Å². The number of hydrogen-bond acceptors (Lipinski definition) is 4. The fraction of sp³-hybridized carbons (Fsp3) is 0.933. The third-order valence-corrected chi connectivity index (χ3v) is 4.10. The van der Waals surface area contributed by atoms with Crippen molar-refractivity contribution in [1.82, 2.24) is 20.4 Å². The smallest absolute Gasteiger partial charge is 0.191 e. The average Bonchev–Trinajstić information content (AvgIpc) is 2.96. The third kappa shape index (κ3) is 7.11. The fourth-order valence-electron chi connectivity index (χ4n) is 2.70. The van der Waals surface area contributed by atoms with Crippen LogP contribution in [0.25, 0.3) is 0 Å². The molecular formula is C15H33N5O. The van der Waals surface area contributed by atoms with E-state index >= 15 is 0 Å². The van der Waals surface area contributed by atoms with Gasteiger partial charge < -0.3 is 20.3 Å². The maximum atomic E-state index is 5.07. The van der Waals surface area contributed by atoms with Gasteiger partial charge in [-0.15, -0.1) is 0 Å². The number of nitrogens with zero attached hydrogens (tertiary/aromatic N) is 3. The number of guanidine groups is 1. The summed E-state index contributed by atoms with van der Waals surface area (Å²) in [5, 5.41) is 6.82. The second-order valence-corrected chi connectivity index (χ2v) is 5.60. The second kappa shape index (κ2) is 10.8. The highest BCUT2D eigenvalue weighted by Crippen LogP contribution is 2.15. The molecule has 0 radical (unpaired) electrons. The highest BCUT2D eigenvalue weighted by Gasteiger charge is 2.22. The molecule has 21 heavy (non-hydrogen) atoms. The van der Waals surface area contributed by atoms with E-state index in [1.807, 2.05) is 7.05 Å². The summed E-state index contributed by atoms with van der Waals surface area (Å²) < 4.78 is 5.07. The van der Waals surface area contributed by atoms with E-state index in [4.69, 9.17) is 4.74 Å². The first-order chi connectivity index (χ1) is 10.2. The highest BCUT2D eigenvalue weighted by atomic mass is 16.5. The zero-order valence-electron chi connectivity index (χ0n) is 14.2. The predicted molar refractivity (Wildman–Crippen MR) is 89.0 cm³/mol. The Morgan fingerprint density at radius 1 is 1.38 bits per heavy atom. The van der Waals surface area contributed by atoms with E-state index in [0.717, 1.165) is 45.3 Å². The summed E-state index contributed by atoms with van der Waals surface area (Å²) in [6, 6.07) is 0.651. The Hall–Kier alpha value is -0.850. The Kier molecular flexibility index (Phi) is 9.37. The number of nitrogens with one attached hydrogen (secondary N) is 2. The number of likely N-dealkylation sites (N-methyl/N-ethyl adjacent to an activating group) is 2. The lowest BCUT2D eigenvalue weighted by Crippen LogP contribution is -2.46. The van der Waals surface area contributed by atoms with Gasteiger partial charge in [-0.2, -0.15) is 0 Å². The van der Waals surface area contributed by atoms with Gasteiger partial charge in [-0.05, 0) is 33.0 Å². The first kappa shape index (κ1) is 18.2. The van der Waals surface area contributed by atoms with Crippen LogP contribution in [-0.4, -0.2) is 88.9 Å². The minimum atomic E-state index is 0.651. The fourth-order valence-corrected chi connectivity index (χ4v) is 2.70. The van der Waals surface area contributed by atoms with E-state index in [-0.39, 0.29) is 0 Å². The molecule has 1 heterocycles. The van der Waals surface area contributed by atoms with Crippen molar-refractivity contribution in [3.63, 3.8) is 0 Å². The van der Waals surface area contributed by atoms with Crippen LogP contribution in [-0.2, 0) is 4.74 Å². The number of aliphatic imine (C=N–C) groups is 1. The monoisotopic (exact) mass is 299 g/mol. The van der Waals surface area contributed by atoms with Crippen LogP contribution in [0.3, 0.4) is 0 Å². The van der Waals surface area contributed by atoms with Crippen molar-refractivity contribution < 1.29 is 4.74 Å². The number of likely N-dealkylation sites (tertiary alicyclic amines) is 1. The molecule has 0 amide bonds. The molecule has 1 aliphatic heterocycles. The summed E-state index contributed by atoms with van der Waals surface area (Å²) in [7, 11) is 5.67. The first-order valence-electron chi connectivity index (χ1n) is 8.07. The van der Waals surface area contributed by atoms with Crippen molar-refractivity contribution in [3.05, 3.63) is 0 Å². The molecule has 2 N–H and O–H groups in total. The van der Waals surface area contributed by atoms with E-state index in [1.54, 1.807) is 7.11 Å². The Labute approximate surface area is 129 Å². The van der Waals surface area contributed by atoms with Crippen LogP contribution in [0.5, 0.6) is 0 Å². The van der Waals surface area contributed by atoms with Crippen LogP contribution in [0.4, 0.5) is 0 Å². The number of hydrogen-bond donors (Lipinski definition) is 2. The quantitative estimate of drug-likeness (QED) is 0.471. The summed E-state index contributed by atoms with van der Waals surface area (Å²) in [4.78, 5) is 9.08. The molecule has 1 aliphatic rings. The molecule has 6 nitrogen and oxygen atoms in total. The summed E-state index contributed by atoms with van der Waals surface area (Å²) in [6.45, 7) is 9.20. The van der Waals surface area contributed by atoms with E-state index in [9.17, 15) is 0 Å². The lowest BCUT2D eigenvalue weighted by atomic mass is 10.2. The SMILES string of the molecule is CCN1CCCC1CNC(=NC)NCCN(C)CCOC. The number of methoxy groups -OCH3 is 1. The second-order valence-electron chi connectivity index (χ2n) is 5.60. The van der Waals surface area contributed by atoms with Gasteiger partial charge in [-0.25, -0.2) is 0 Å². The first-order valence-corrected chi connectivity index (χ1v) is 8.07. The molecule has 0 spiro atoms. The molecule has 124 valence electrons. The molecule has 1 atom stereocenters. The van der Waals surface area contributed by atoms with Gasteiger partial charge in [0.1, 0.15) is 0 Å².